The molecule has 0 spiro atoms. The largest absolute Gasteiger partial charge is 0.464 e. The van der Waals surface area contributed by atoms with E-state index in [9.17, 15) is 14.4 Å². The van der Waals surface area contributed by atoms with Gasteiger partial charge in [0.1, 0.15) is 6.04 Å². The van der Waals surface area contributed by atoms with Gasteiger partial charge in [0, 0.05) is 6.04 Å². The van der Waals surface area contributed by atoms with E-state index in [1.165, 1.54) is 20.0 Å². The highest BCUT2D eigenvalue weighted by Crippen LogP contribution is 2.33. The maximum Gasteiger partial charge on any atom is 0.337 e. The summed E-state index contributed by atoms with van der Waals surface area (Å²) in [7, 11) is 0. The first-order valence-electron chi connectivity index (χ1n) is 9.41. The third-order valence-electron chi connectivity index (χ3n) is 5.05. The van der Waals surface area contributed by atoms with Crippen molar-refractivity contribution in [1.29, 1.82) is 0 Å². The van der Waals surface area contributed by atoms with E-state index in [1.54, 1.807) is 13.8 Å². The summed E-state index contributed by atoms with van der Waals surface area (Å²) in [6.45, 7) is 5.59. The molecule has 1 aliphatic carbocycles. The highest BCUT2D eigenvalue weighted by Gasteiger charge is 2.31. The van der Waals surface area contributed by atoms with Crippen LogP contribution in [0.1, 0.15) is 44.3 Å². The molecule has 4 rings (SSSR count). The summed E-state index contributed by atoms with van der Waals surface area (Å²) in [6.07, 6.45) is 3.00. The van der Waals surface area contributed by atoms with E-state index >= 15 is 0 Å². The van der Waals surface area contributed by atoms with Crippen molar-refractivity contribution >= 4 is 17.1 Å². The minimum Gasteiger partial charge on any atom is -0.464 e. The van der Waals surface area contributed by atoms with Gasteiger partial charge in [0.2, 0.25) is 0 Å². The zero-order chi connectivity index (χ0) is 20.0. The lowest BCUT2D eigenvalue weighted by Gasteiger charge is -2.15. The fourth-order valence-electron chi connectivity index (χ4n) is 3.37. The molecular weight excluding hydrogens is 360 g/mol. The first kappa shape index (κ1) is 18.2. The van der Waals surface area contributed by atoms with Crippen LogP contribution >= 0.6 is 0 Å². The number of nitrogens with zero attached hydrogens (tertiary/aromatic N) is 4. The van der Waals surface area contributed by atoms with Crippen molar-refractivity contribution in [2.75, 3.05) is 6.61 Å². The number of aromatic nitrogens is 4. The molecule has 0 bridgehead atoms. The Balaban J connectivity index is 2.02. The van der Waals surface area contributed by atoms with Gasteiger partial charge >= 0.3 is 11.7 Å². The number of carbonyl (C=O) groups excluding carboxylic acids is 1. The smallest absolute Gasteiger partial charge is 0.337 e. The van der Waals surface area contributed by atoms with Crippen LogP contribution in [0.2, 0.25) is 0 Å². The second-order valence-corrected chi connectivity index (χ2v) is 7.11. The van der Waals surface area contributed by atoms with E-state index in [1.807, 2.05) is 31.2 Å². The van der Waals surface area contributed by atoms with E-state index in [-0.39, 0.29) is 23.8 Å². The van der Waals surface area contributed by atoms with Crippen LogP contribution in [0.3, 0.4) is 0 Å². The molecule has 0 saturated heterocycles. The molecule has 0 radical (unpaired) electrons. The fraction of sp³-hybridized carbons (Fsp3) is 0.400. The van der Waals surface area contributed by atoms with Crippen molar-refractivity contribution in [2.45, 2.75) is 45.7 Å². The summed E-state index contributed by atoms with van der Waals surface area (Å²) in [4.78, 5) is 42.9. The molecule has 1 atom stereocenters. The van der Waals surface area contributed by atoms with Crippen molar-refractivity contribution < 1.29 is 9.53 Å². The van der Waals surface area contributed by atoms with Crippen molar-refractivity contribution in [1.82, 2.24) is 18.7 Å². The van der Waals surface area contributed by atoms with Crippen molar-refractivity contribution in [2.24, 2.45) is 0 Å². The van der Waals surface area contributed by atoms with Gasteiger partial charge < -0.3 is 9.30 Å². The molecule has 0 unspecified atom stereocenters. The van der Waals surface area contributed by atoms with Crippen molar-refractivity contribution in [3.63, 3.8) is 0 Å². The number of ether oxygens (including phenoxy) is 1. The predicted octanol–water partition coefficient (Wildman–Crippen LogP) is 2.12. The van der Waals surface area contributed by atoms with Crippen LogP contribution in [0.4, 0.5) is 0 Å². The van der Waals surface area contributed by atoms with Gasteiger partial charge in [-0.2, -0.15) is 0 Å². The molecule has 1 fully saturated rings. The Bertz CT molecular complexity index is 1170. The Morgan fingerprint density at radius 1 is 1.25 bits per heavy atom. The summed E-state index contributed by atoms with van der Waals surface area (Å²) in [5.74, 6) is -0.452. The lowest BCUT2D eigenvalue weighted by molar-refractivity contribution is -0.146. The Kier molecular flexibility index (Phi) is 4.41. The number of aryl methyl sites for hydroxylation is 1. The van der Waals surface area contributed by atoms with Gasteiger partial charge in [0.25, 0.3) is 5.56 Å². The standard InChI is InChI=1S/C20H22N4O4/c1-4-28-19(26)13(3)22-11-21-17-16(22)18(25)24(15-9-10-15)20(27)23(17)14-7-5-12(2)6-8-14/h5-8,11,13,15H,4,9-10H2,1-3H3/t13-/m1/s1. The molecule has 8 nitrogen and oxygen atoms in total. The molecule has 2 heterocycles. The Morgan fingerprint density at radius 3 is 2.54 bits per heavy atom. The molecular formula is C20H22N4O4. The molecule has 1 saturated carbocycles. The first-order chi connectivity index (χ1) is 13.4. The minimum absolute atomic E-state index is 0.109. The molecule has 1 aromatic carbocycles. The third kappa shape index (κ3) is 2.85. The van der Waals surface area contributed by atoms with Crippen LogP contribution in [0.15, 0.2) is 40.2 Å². The number of benzene rings is 1. The maximum absolute atomic E-state index is 13.2. The fourth-order valence-corrected chi connectivity index (χ4v) is 3.37. The van der Waals surface area contributed by atoms with Crippen molar-refractivity contribution in [3.8, 4) is 5.69 Å². The van der Waals surface area contributed by atoms with Crippen LogP contribution in [0, 0.1) is 6.92 Å². The van der Waals surface area contributed by atoms with Gasteiger partial charge in [-0.1, -0.05) is 17.7 Å². The van der Waals surface area contributed by atoms with E-state index in [2.05, 4.69) is 4.98 Å². The van der Waals surface area contributed by atoms with Gasteiger partial charge in [-0.25, -0.2) is 19.1 Å². The second kappa shape index (κ2) is 6.78. The van der Waals surface area contributed by atoms with Crippen LogP contribution < -0.4 is 11.2 Å². The normalized spacial score (nSPS) is 15.0. The van der Waals surface area contributed by atoms with Crippen LogP contribution in [-0.2, 0) is 9.53 Å². The van der Waals surface area contributed by atoms with Gasteiger partial charge in [-0.15, -0.1) is 0 Å². The average molecular weight is 382 g/mol. The number of imidazole rings is 1. The van der Waals surface area contributed by atoms with E-state index < -0.39 is 23.3 Å². The lowest BCUT2D eigenvalue weighted by Crippen LogP contribution is -2.40. The topological polar surface area (TPSA) is 88.1 Å². The number of rotatable bonds is 5. The molecule has 1 aliphatic rings. The van der Waals surface area contributed by atoms with E-state index in [0.717, 1.165) is 18.4 Å². The Labute approximate surface area is 161 Å². The molecule has 146 valence electrons. The molecule has 3 aromatic rings. The Hall–Kier alpha value is -3.16. The summed E-state index contributed by atoms with van der Waals surface area (Å²) in [5.41, 5.74) is 1.34. The predicted molar refractivity (Wildman–Crippen MR) is 104 cm³/mol. The first-order valence-corrected chi connectivity index (χ1v) is 9.41. The number of hydrogen-bond donors (Lipinski definition) is 0. The van der Waals surface area contributed by atoms with Gasteiger partial charge in [-0.3, -0.25) is 9.36 Å². The monoisotopic (exact) mass is 382 g/mol. The number of carbonyl (C=O) groups is 1. The summed E-state index contributed by atoms with van der Waals surface area (Å²) < 4.78 is 9.33. The highest BCUT2D eigenvalue weighted by molar-refractivity contribution is 5.79. The average Bonchev–Trinajstić information content (AvgIpc) is 3.40. The van der Waals surface area contributed by atoms with Crippen LogP contribution in [-0.4, -0.2) is 31.3 Å². The van der Waals surface area contributed by atoms with E-state index in [0.29, 0.717) is 5.69 Å². The highest BCUT2D eigenvalue weighted by atomic mass is 16.5. The maximum atomic E-state index is 13.2. The zero-order valence-electron chi connectivity index (χ0n) is 16.1. The van der Waals surface area contributed by atoms with Gasteiger partial charge in [-0.05, 0) is 45.7 Å². The summed E-state index contributed by atoms with van der Waals surface area (Å²) in [5, 5.41) is 0. The minimum atomic E-state index is -0.728. The molecule has 0 aliphatic heterocycles. The van der Waals surface area contributed by atoms with Gasteiger partial charge in [0.05, 0.1) is 18.6 Å². The zero-order valence-corrected chi connectivity index (χ0v) is 16.1. The summed E-state index contributed by atoms with van der Waals surface area (Å²) >= 11 is 0. The Morgan fingerprint density at radius 2 is 1.93 bits per heavy atom. The molecule has 28 heavy (non-hydrogen) atoms. The number of esters is 1. The van der Waals surface area contributed by atoms with Gasteiger partial charge in [0.15, 0.2) is 11.2 Å². The van der Waals surface area contributed by atoms with Crippen LogP contribution in [0.5, 0.6) is 0 Å². The molecule has 0 amide bonds. The number of fused-ring (bicyclic) bond motifs is 1. The van der Waals surface area contributed by atoms with Crippen LogP contribution in [0.25, 0.3) is 16.9 Å². The lowest BCUT2D eigenvalue weighted by atomic mass is 10.2. The molecule has 2 aromatic heterocycles. The third-order valence-corrected chi connectivity index (χ3v) is 5.05. The second-order valence-electron chi connectivity index (χ2n) is 7.11. The van der Waals surface area contributed by atoms with Crippen molar-refractivity contribution in [3.05, 3.63) is 57.0 Å². The molecule has 0 N–H and O–H groups in total. The summed E-state index contributed by atoms with van der Waals surface area (Å²) in [6, 6.07) is 6.62. The molecule has 8 heteroatoms. The SMILES string of the molecule is CCOC(=O)[C@@H](C)n1cnc2c1c(=O)n(C1CC1)c(=O)n2-c1ccc(C)cc1. The quantitative estimate of drug-likeness (QED) is 0.631. The number of hydrogen-bond acceptors (Lipinski definition) is 5. The van der Waals surface area contributed by atoms with E-state index in [4.69, 9.17) is 4.74 Å².